The highest BCUT2D eigenvalue weighted by molar-refractivity contribution is 7.90. The fourth-order valence-electron chi connectivity index (χ4n) is 1.97. The Morgan fingerprint density at radius 3 is 2.60 bits per heavy atom. The van der Waals surface area contributed by atoms with E-state index >= 15 is 0 Å². The number of hydrogen-bond donors (Lipinski definition) is 2. The molecule has 0 aromatic rings. The average molecular weight is 235 g/mol. The quantitative estimate of drug-likeness (QED) is 0.723. The van der Waals surface area contributed by atoms with Crippen molar-refractivity contribution in [1.82, 2.24) is 4.72 Å². The van der Waals surface area contributed by atoms with Crippen LogP contribution in [0.5, 0.6) is 0 Å². The number of sulfonamides is 1. The van der Waals surface area contributed by atoms with Crippen LogP contribution in [0.3, 0.4) is 0 Å². The molecule has 88 valence electrons. The molecule has 2 unspecified atom stereocenters. The van der Waals surface area contributed by atoms with Gasteiger partial charge in [0.25, 0.3) is 0 Å². The molecule has 1 aliphatic carbocycles. The first-order chi connectivity index (χ1) is 6.89. The highest BCUT2D eigenvalue weighted by Crippen LogP contribution is 2.29. The minimum Gasteiger partial charge on any atom is -0.480 e. The Hall–Kier alpha value is -0.620. The van der Waals surface area contributed by atoms with Crippen molar-refractivity contribution in [3.8, 4) is 0 Å². The number of carbonyl (C=O) groups is 1. The van der Waals surface area contributed by atoms with Crippen LogP contribution in [-0.4, -0.2) is 31.8 Å². The summed E-state index contributed by atoms with van der Waals surface area (Å²) in [6, 6.07) is 0. The second-order valence-electron chi connectivity index (χ2n) is 4.29. The summed E-state index contributed by atoms with van der Waals surface area (Å²) >= 11 is 0. The van der Waals surface area contributed by atoms with E-state index in [4.69, 9.17) is 5.11 Å². The lowest BCUT2D eigenvalue weighted by Crippen LogP contribution is -2.33. The van der Waals surface area contributed by atoms with Crippen LogP contribution in [-0.2, 0) is 14.8 Å². The predicted molar refractivity (Wildman–Crippen MR) is 55.9 cm³/mol. The lowest BCUT2D eigenvalue weighted by molar-refractivity contribution is -0.134. The number of carboxylic acid groups (broad SMARTS) is 1. The number of aliphatic carboxylic acids is 1. The third-order valence-electron chi connectivity index (χ3n) is 2.71. The molecule has 0 aromatic heterocycles. The molecule has 6 heteroatoms. The third kappa shape index (κ3) is 4.61. The van der Waals surface area contributed by atoms with Crippen molar-refractivity contribution < 1.29 is 18.3 Å². The molecular weight excluding hydrogens is 218 g/mol. The van der Waals surface area contributed by atoms with Gasteiger partial charge in [-0.05, 0) is 24.7 Å². The van der Waals surface area contributed by atoms with Gasteiger partial charge in [-0.2, -0.15) is 0 Å². The van der Waals surface area contributed by atoms with Crippen LogP contribution >= 0.6 is 0 Å². The molecule has 2 N–H and O–H groups in total. The fourth-order valence-corrected chi connectivity index (χ4v) is 2.89. The van der Waals surface area contributed by atoms with Gasteiger partial charge < -0.3 is 5.11 Å². The van der Waals surface area contributed by atoms with Crippen molar-refractivity contribution in [2.45, 2.75) is 26.2 Å². The first-order valence-corrected chi connectivity index (χ1v) is 6.73. The number of nitrogens with one attached hydrogen (secondary N) is 1. The third-order valence-corrected chi connectivity index (χ3v) is 3.94. The Morgan fingerprint density at radius 1 is 1.47 bits per heavy atom. The van der Waals surface area contributed by atoms with Gasteiger partial charge >= 0.3 is 5.97 Å². The van der Waals surface area contributed by atoms with Crippen LogP contribution in [0, 0.1) is 11.8 Å². The van der Waals surface area contributed by atoms with Crippen LogP contribution in [0.2, 0.25) is 0 Å². The summed E-state index contributed by atoms with van der Waals surface area (Å²) in [5.74, 6) is -1.14. The van der Waals surface area contributed by atoms with E-state index in [2.05, 4.69) is 11.6 Å². The molecular formula is C9H17NO4S. The number of carboxylic acids is 1. The Balaban J connectivity index is 2.33. The minimum atomic E-state index is -3.64. The Kier molecular flexibility index (Phi) is 4.10. The minimum absolute atomic E-state index is 0.364. The summed E-state index contributed by atoms with van der Waals surface area (Å²) in [5.41, 5.74) is 0. The Bertz CT molecular complexity index is 325. The molecule has 1 fully saturated rings. The molecule has 15 heavy (non-hydrogen) atoms. The van der Waals surface area contributed by atoms with Crippen molar-refractivity contribution in [3.05, 3.63) is 0 Å². The SMILES string of the molecule is CC1CCC(CNS(=O)(=O)CC(=O)O)C1. The van der Waals surface area contributed by atoms with Crippen LogP contribution in [0.1, 0.15) is 26.2 Å². The van der Waals surface area contributed by atoms with Gasteiger partial charge in [-0.15, -0.1) is 0 Å². The molecule has 1 saturated carbocycles. The van der Waals surface area contributed by atoms with Crippen molar-refractivity contribution in [2.24, 2.45) is 11.8 Å². The maximum absolute atomic E-state index is 11.2. The first kappa shape index (κ1) is 12.4. The summed E-state index contributed by atoms with van der Waals surface area (Å²) < 4.78 is 24.7. The molecule has 5 nitrogen and oxygen atoms in total. The second kappa shape index (κ2) is 4.94. The first-order valence-electron chi connectivity index (χ1n) is 5.08. The van der Waals surface area contributed by atoms with E-state index < -0.39 is 21.7 Å². The van der Waals surface area contributed by atoms with Crippen molar-refractivity contribution >= 4 is 16.0 Å². The molecule has 2 atom stereocenters. The van der Waals surface area contributed by atoms with Gasteiger partial charge in [-0.3, -0.25) is 4.79 Å². The zero-order chi connectivity index (χ0) is 11.5. The van der Waals surface area contributed by atoms with Gasteiger partial charge in [0.15, 0.2) is 5.75 Å². The molecule has 1 aliphatic rings. The van der Waals surface area contributed by atoms with Gasteiger partial charge in [0.2, 0.25) is 10.0 Å². The smallest absolute Gasteiger partial charge is 0.320 e. The summed E-state index contributed by atoms with van der Waals surface area (Å²) in [7, 11) is -3.64. The van der Waals surface area contributed by atoms with Crippen LogP contribution in [0.15, 0.2) is 0 Å². The maximum atomic E-state index is 11.2. The van der Waals surface area contributed by atoms with E-state index in [1.165, 1.54) is 0 Å². The molecule has 0 radical (unpaired) electrons. The average Bonchev–Trinajstić information content (AvgIpc) is 2.46. The summed E-state index contributed by atoms with van der Waals surface area (Å²) in [4.78, 5) is 10.2. The number of hydrogen-bond acceptors (Lipinski definition) is 3. The summed E-state index contributed by atoms with van der Waals surface area (Å²) in [6.07, 6.45) is 3.18. The fraction of sp³-hybridized carbons (Fsp3) is 0.889. The molecule has 0 spiro atoms. The highest BCUT2D eigenvalue weighted by atomic mass is 32.2. The zero-order valence-corrected chi connectivity index (χ0v) is 9.59. The summed E-state index contributed by atoms with van der Waals surface area (Å²) in [6.45, 7) is 2.52. The van der Waals surface area contributed by atoms with E-state index in [1.54, 1.807) is 0 Å². The van der Waals surface area contributed by atoms with Crippen LogP contribution in [0.25, 0.3) is 0 Å². The zero-order valence-electron chi connectivity index (χ0n) is 8.77. The van der Waals surface area contributed by atoms with Gasteiger partial charge in [0, 0.05) is 6.54 Å². The van der Waals surface area contributed by atoms with E-state index in [9.17, 15) is 13.2 Å². The van der Waals surface area contributed by atoms with Gasteiger partial charge in [0.05, 0.1) is 0 Å². The van der Waals surface area contributed by atoms with Gasteiger partial charge in [0.1, 0.15) is 0 Å². The van der Waals surface area contributed by atoms with Crippen LogP contribution < -0.4 is 4.72 Å². The Morgan fingerprint density at radius 2 is 2.13 bits per heavy atom. The molecule has 0 saturated heterocycles. The van der Waals surface area contributed by atoms with Gasteiger partial charge in [-0.25, -0.2) is 13.1 Å². The normalized spacial score (nSPS) is 26.7. The lowest BCUT2D eigenvalue weighted by Gasteiger charge is -2.10. The summed E-state index contributed by atoms with van der Waals surface area (Å²) in [5, 5.41) is 8.36. The molecule has 0 heterocycles. The monoisotopic (exact) mass is 235 g/mol. The van der Waals surface area contributed by atoms with Crippen molar-refractivity contribution in [2.75, 3.05) is 12.3 Å². The molecule has 0 aliphatic heterocycles. The van der Waals surface area contributed by atoms with Crippen molar-refractivity contribution in [1.29, 1.82) is 0 Å². The topological polar surface area (TPSA) is 83.5 Å². The van der Waals surface area contributed by atoms with E-state index in [0.29, 0.717) is 18.4 Å². The van der Waals surface area contributed by atoms with Crippen LogP contribution in [0.4, 0.5) is 0 Å². The lowest BCUT2D eigenvalue weighted by atomic mass is 10.1. The van der Waals surface area contributed by atoms with E-state index in [-0.39, 0.29) is 0 Å². The molecule has 0 amide bonds. The second-order valence-corrected chi connectivity index (χ2v) is 6.09. The predicted octanol–water partition coefficient (Wildman–Crippen LogP) is 0.427. The molecule has 1 rings (SSSR count). The van der Waals surface area contributed by atoms with Gasteiger partial charge in [-0.1, -0.05) is 13.3 Å². The maximum Gasteiger partial charge on any atom is 0.320 e. The Labute approximate surface area is 89.9 Å². The highest BCUT2D eigenvalue weighted by Gasteiger charge is 2.23. The number of rotatable bonds is 5. The molecule has 0 aromatic carbocycles. The van der Waals surface area contributed by atoms with E-state index in [1.807, 2.05) is 0 Å². The largest absolute Gasteiger partial charge is 0.480 e. The van der Waals surface area contributed by atoms with E-state index in [0.717, 1.165) is 19.3 Å². The standard InChI is InChI=1S/C9H17NO4S/c1-7-2-3-8(4-7)5-10-15(13,14)6-9(11)12/h7-8,10H,2-6H2,1H3,(H,11,12). The molecule has 0 bridgehead atoms. The van der Waals surface area contributed by atoms with Crippen molar-refractivity contribution in [3.63, 3.8) is 0 Å².